The largest absolute Gasteiger partial charge is 0.497 e. The molecule has 0 saturated heterocycles. The fraction of sp³-hybridized carbons (Fsp3) is 0.720. The van der Waals surface area contributed by atoms with Crippen LogP contribution in [0.3, 0.4) is 0 Å². The van der Waals surface area contributed by atoms with Crippen molar-refractivity contribution in [2.45, 2.75) is 77.9 Å². The fourth-order valence-corrected chi connectivity index (χ4v) is 7.17. The van der Waals surface area contributed by atoms with Crippen LogP contribution in [0.2, 0.25) is 19.6 Å². The molecule has 0 bridgehead atoms. The highest BCUT2D eigenvalue weighted by molar-refractivity contribution is 6.78. The number of benzene rings is 1. The molecule has 0 amide bonds. The molecule has 1 saturated carbocycles. The van der Waals surface area contributed by atoms with Crippen molar-refractivity contribution >= 4 is 13.8 Å². The number of methoxy groups -OCH3 is 1. The predicted octanol–water partition coefficient (Wildman–Crippen LogP) is 5.54. The molecule has 1 aliphatic heterocycles. The number of ether oxygens (including phenoxy) is 2. The summed E-state index contributed by atoms with van der Waals surface area (Å²) in [6.07, 6.45) is 5.18. The third-order valence-corrected chi connectivity index (χ3v) is 9.53. The van der Waals surface area contributed by atoms with Crippen molar-refractivity contribution in [2.24, 2.45) is 28.8 Å². The van der Waals surface area contributed by atoms with Gasteiger partial charge in [0.25, 0.3) is 0 Å². The number of hydrazone groups is 1. The Bertz CT molecular complexity index is 711. The Morgan fingerprint density at radius 1 is 1.13 bits per heavy atom. The number of nitrogens with one attached hydrogen (secondary N) is 1. The Labute approximate surface area is 184 Å². The van der Waals surface area contributed by atoms with E-state index in [-0.39, 0.29) is 0 Å². The van der Waals surface area contributed by atoms with E-state index in [0.717, 1.165) is 18.1 Å². The van der Waals surface area contributed by atoms with Crippen molar-refractivity contribution in [3.05, 3.63) is 29.8 Å². The zero-order valence-corrected chi connectivity index (χ0v) is 21.1. The van der Waals surface area contributed by atoms with E-state index in [1.807, 2.05) is 0 Å². The van der Waals surface area contributed by atoms with Gasteiger partial charge in [-0.15, -0.1) is 0 Å². The molecule has 0 spiro atoms. The molecule has 0 aromatic heterocycles. The normalized spacial score (nSPS) is 29.6. The number of hydrogen-bond acceptors (Lipinski definition) is 4. The second-order valence-corrected chi connectivity index (χ2v) is 16.3. The molecule has 168 valence electrons. The molecule has 1 heterocycles. The monoisotopic (exact) mass is 430 g/mol. The van der Waals surface area contributed by atoms with Gasteiger partial charge in [0.2, 0.25) is 0 Å². The van der Waals surface area contributed by atoms with Crippen LogP contribution in [0.15, 0.2) is 29.4 Å². The third kappa shape index (κ3) is 5.67. The lowest BCUT2D eigenvalue weighted by Gasteiger charge is -2.37. The summed E-state index contributed by atoms with van der Waals surface area (Å²) in [5, 5.41) is 4.82. The van der Waals surface area contributed by atoms with Crippen LogP contribution in [-0.2, 0) is 11.2 Å². The summed E-state index contributed by atoms with van der Waals surface area (Å²) in [7, 11) is 0.300. The number of rotatable bonds is 8. The molecule has 1 aromatic carbocycles. The fourth-order valence-electron chi connectivity index (χ4n) is 5.20. The first kappa shape index (κ1) is 23.3. The zero-order valence-electron chi connectivity index (χ0n) is 20.1. The van der Waals surface area contributed by atoms with E-state index in [9.17, 15) is 0 Å². The molecule has 0 unspecified atom stereocenters. The summed E-state index contributed by atoms with van der Waals surface area (Å²) in [4.78, 5) is 0. The Balaban J connectivity index is 1.71. The second-order valence-electron chi connectivity index (χ2n) is 10.9. The first-order valence-electron chi connectivity index (χ1n) is 11.8. The molecule has 0 radical (unpaired) electrons. The van der Waals surface area contributed by atoms with Crippen LogP contribution in [-0.4, -0.2) is 39.3 Å². The van der Waals surface area contributed by atoms with E-state index in [2.05, 4.69) is 70.1 Å². The topological polar surface area (TPSA) is 42.9 Å². The van der Waals surface area contributed by atoms with E-state index >= 15 is 0 Å². The zero-order chi connectivity index (χ0) is 21.9. The maximum absolute atomic E-state index is 6.60. The maximum Gasteiger partial charge on any atom is 0.118 e. The molecular weight excluding hydrogens is 388 g/mol. The van der Waals surface area contributed by atoms with E-state index < -0.39 is 8.07 Å². The lowest BCUT2D eigenvalue weighted by molar-refractivity contribution is -0.0227. The Morgan fingerprint density at radius 3 is 2.43 bits per heavy atom. The van der Waals surface area contributed by atoms with Crippen molar-refractivity contribution in [3.63, 3.8) is 0 Å². The van der Waals surface area contributed by atoms with Crippen LogP contribution in [0.1, 0.15) is 45.6 Å². The molecule has 5 heteroatoms. The predicted molar refractivity (Wildman–Crippen MR) is 129 cm³/mol. The van der Waals surface area contributed by atoms with E-state index in [4.69, 9.17) is 14.6 Å². The second kappa shape index (κ2) is 9.86. The Kier molecular flexibility index (Phi) is 7.67. The van der Waals surface area contributed by atoms with Crippen molar-refractivity contribution in [1.29, 1.82) is 0 Å². The Hall–Kier alpha value is -1.33. The van der Waals surface area contributed by atoms with Crippen LogP contribution in [0.25, 0.3) is 0 Å². The number of nitrogens with zero attached hydrogens (tertiary/aromatic N) is 1. The van der Waals surface area contributed by atoms with Gasteiger partial charge in [-0.2, -0.15) is 5.10 Å². The van der Waals surface area contributed by atoms with Gasteiger partial charge >= 0.3 is 0 Å². The Morgan fingerprint density at radius 2 is 1.83 bits per heavy atom. The first-order chi connectivity index (χ1) is 14.2. The van der Waals surface area contributed by atoms with Crippen LogP contribution in [0, 0.1) is 23.7 Å². The maximum atomic E-state index is 6.60. The SMILES string of the molecule is COc1ccc(C[C@@H]2C(CO[C@@H]3C[C@H](C)CC[C@H]3C(C)C)=NN[C@H]2[Si](C)(C)C)cc1. The van der Waals surface area contributed by atoms with Crippen LogP contribution >= 0.6 is 0 Å². The summed E-state index contributed by atoms with van der Waals surface area (Å²) >= 11 is 0. The van der Waals surface area contributed by atoms with Crippen LogP contribution in [0.4, 0.5) is 0 Å². The molecule has 5 atom stereocenters. The lowest BCUT2D eigenvalue weighted by Crippen LogP contribution is -2.50. The molecular formula is C25H42N2O2Si. The van der Waals surface area contributed by atoms with Gasteiger partial charge in [0, 0.05) is 11.6 Å². The van der Waals surface area contributed by atoms with E-state index in [1.165, 1.54) is 30.5 Å². The first-order valence-corrected chi connectivity index (χ1v) is 15.3. The molecule has 1 aliphatic carbocycles. The minimum absolute atomic E-state index is 0.365. The molecule has 2 aliphatic rings. The number of hydrogen-bond donors (Lipinski definition) is 1. The summed E-state index contributed by atoms with van der Waals surface area (Å²) in [5.41, 5.74) is 6.51. The van der Waals surface area contributed by atoms with Crippen LogP contribution < -0.4 is 10.2 Å². The van der Waals surface area contributed by atoms with Crippen LogP contribution in [0.5, 0.6) is 5.75 Å². The highest BCUT2D eigenvalue weighted by Gasteiger charge is 2.41. The summed E-state index contributed by atoms with van der Waals surface area (Å²) in [5.74, 6) is 3.43. The van der Waals surface area contributed by atoms with Gasteiger partial charge < -0.3 is 14.9 Å². The summed E-state index contributed by atoms with van der Waals surface area (Å²) in [6.45, 7) is 15.0. The van der Waals surface area contributed by atoms with Crippen molar-refractivity contribution < 1.29 is 9.47 Å². The van der Waals surface area contributed by atoms with E-state index in [0.29, 0.717) is 36.1 Å². The van der Waals surface area contributed by atoms with Crippen molar-refractivity contribution in [2.75, 3.05) is 13.7 Å². The smallest absolute Gasteiger partial charge is 0.118 e. The third-order valence-electron chi connectivity index (χ3n) is 7.13. The minimum atomic E-state index is -1.42. The van der Waals surface area contributed by atoms with Crippen molar-refractivity contribution in [1.82, 2.24) is 5.43 Å². The molecule has 4 nitrogen and oxygen atoms in total. The molecule has 1 aromatic rings. The molecule has 30 heavy (non-hydrogen) atoms. The van der Waals surface area contributed by atoms with Gasteiger partial charge in [0.1, 0.15) is 5.75 Å². The highest BCUT2D eigenvalue weighted by Crippen LogP contribution is 2.36. The van der Waals surface area contributed by atoms with Gasteiger partial charge in [-0.05, 0) is 54.7 Å². The van der Waals surface area contributed by atoms with E-state index in [1.54, 1.807) is 7.11 Å². The molecule has 3 rings (SSSR count). The minimum Gasteiger partial charge on any atom is -0.497 e. The average Bonchev–Trinajstić information content (AvgIpc) is 3.09. The van der Waals surface area contributed by atoms with Crippen molar-refractivity contribution in [3.8, 4) is 5.75 Å². The molecule has 1 fully saturated rings. The average molecular weight is 431 g/mol. The van der Waals surface area contributed by atoms with Gasteiger partial charge in [0.15, 0.2) is 0 Å². The van der Waals surface area contributed by atoms with Gasteiger partial charge in [-0.1, -0.05) is 59.0 Å². The standard InChI is InChI=1S/C25H42N2O2Si/c1-17(2)21-13-8-18(3)14-24(21)29-16-23-22(25(27-26-23)30(5,6)7)15-19-9-11-20(28-4)12-10-19/h9-12,17-18,21-22,24-25,27H,8,13-16H2,1-7H3/t18-,21+,22-,24-,25+/m1/s1. The molecule has 1 N–H and O–H groups in total. The highest BCUT2D eigenvalue weighted by atomic mass is 28.3. The summed E-state index contributed by atoms with van der Waals surface area (Å²) in [6, 6.07) is 8.50. The quantitative estimate of drug-likeness (QED) is 0.551. The van der Waals surface area contributed by atoms with Gasteiger partial charge in [0.05, 0.1) is 33.6 Å². The van der Waals surface area contributed by atoms with Gasteiger partial charge in [-0.3, -0.25) is 0 Å². The summed E-state index contributed by atoms with van der Waals surface area (Å²) < 4.78 is 11.9. The lowest BCUT2D eigenvalue weighted by atomic mass is 9.75. The van der Waals surface area contributed by atoms with Gasteiger partial charge in [-0.25, -0.2) is 0 Å².